The Morgan fingerprint density at radius 1 is 1.19 bits per heavy atom. The molecule has 1 saturated heterocycles. The van der Waals surface area contributed by atoms with E-state index in [1.54, 1.807) is 20.2 Å². The first-order valence-electron chi connectivity index (χ1n) is 10.3. The minimum absolute atomic E-state index is 0.0330. The van der Waals surface area contributed by atoms with Crippen molar-refractivity contribution in [2.45, 2.75) is 19.4 Å². The number of amides is 1. The monoisotopic (exact) mass is 466 g/mol. The average molecular weight is 467 g/mol. The zero-order chi connectivity index (χ0) is 22.9. The molecule has 32 heavy (non-hydrogen) atoms. The van der Waals surface area contributed by atoms with E-state index < -0.39 is 6.10 Å². The van der Waals surface area contributed by atoms with Crippen molar-refractivity contribution >= 4 is 23.3 Å². The van der Waals surface area contributed by atoms with E-state index in [-0.39, 0.29) is 37.7 Å². The number of ether oxygens (including phenoxy) is 3. The molecule has 1 atom stereocenters. The smallest absolute Gasteiger partial charge is 0.270 e. The number of piperazine rings is 1. The van der Waals surface area contributed by atoms with Gasteiger partial charge in [0.05, 0.1) is 50.4 Å². The predicted octanol–water partition coefficient (Wildman–Crippen LogP) is 0.671. The molecule has 1 fully saturated rings. The lowest BCUT2D eigenvalue weighted by Gasteiger charge is -2.35. The second kappa shape index (κ2) is 11.7. The molecule has 2 aromatic heterocycles. The highest BCUT2D eigenvalue weighted by Gasteiger charge is 2.22. The van der Waals surface area contributed by atoms with E-state index >= 15 is 0 Å². The van der Waals surface area contributed by atoms with Gasteiger partial charge in [0, 0.05) is 33.3 Å². The highest BCUT2D eigenvalue weighted by Crippen LogP contribution is 2.15. The predicted molar refractivity (Wildman–Crippen MR) is 117 cm³/mol. The van der Waals surface area contributed by atoms with Crippen molar-refractivity contribution in [2.75, 3.05) is 58.0 Å². The van der Waals surface area contributed by atoms with E-state index in [2.05, 4.69) is 25.1 Å². The van der Waals surface area contributed by atoms with Crippen LogP contribution in [0.5, 0.6) is 5.75 Å². The third-order valence-corrected chi connectivity index (χ3v) is 5.23. The van der Waals surface area contributed by atoms with Crippen LogP contribution < -0.4 is 15.2 Å². The SMILES string of the molecule is COC[C@@H](COCCC(=O)N1CCN(c2cnc(Cl)cn2)CC1)Oc1cn[nH]c(=O)c1C. The first kappa shape index (κ1) is 23.9. The van der Waals surface area contributed by atoms with E-state index in [4.69, 9.17) is 25.8 Å². The summed E-state index contributed by atoms with van der Waals surface area (Å²) in [6.07, 6.45) is 4.43. The minimum atomic E-state index is -0.429. The third-order valence-electron chi connectivity index (χ3n) is 5.03. The van der Waals surface area contributed by atoms with Gasteiger partial charge in [-0.1, -0.05) is 11.6 Å². The fraction of sp³-hybridized carbons (Fsp3) is 0.550. The Hall–Kier alpha value is -2.76. The summed E-state index contributed by atoms with van der Waals surface area (Å²) in [5, 5.41) is 6.45. The second-order valence-corrected chi connectivity index (χ2v) is 7.66. The number of aromatic nitrogens is 4. The van der Waals surface area contributed by atoms with Crippen molar-refractivity contribution in [2.24, 2.45) is 0 Å². The molecule has 1 amide bonds. The van der Waals surface area contributed by atoms with E-state index in [0.717, 1.165) is 5.82 Å². The molecule has 0 spiro atoms. The fourth-order valence-corrected chi connectivity index (χ4v) is 3.33. The van der Waals surface area contributed by atoms with Crippen molar-refractivity contribution in [3.05, 3.63) is 39.7 Å². The third kappa shape index (κ3) is 6.62. The molecule has 0 aliphatic carbocycles. The zero-order valence-corrected chi connectivity index (χ0v) is 18.9. The number of carbonyl (C=O) groups excluding carboxylic acids is 1. The van der Waals surface area contributed by atoms with E-state index in [1.165, 1.54) is 12.4 Å². The van der Waals surface area contributed by atoms with Gasteiger partial charge in [-0.25, -0.2) is 15.1 Å². The fourth-order valence-electron chi connectivity index (χ4n) is 3.23. The van der Waals surface area contributed by atoms with Crippen LogP contribution in [0.15, 0.2) is 23.4 Å². The maximum absolute atomic E-state index is 12.5. The Morgan fingerprint density at radius 3 is 2.66 bits per heavy atom. The van der Waals surface area contributed by atoms with Crippen LogP contribution in [0.2, 0.25) is 5.15 Å². The summed E-state index contributed by atoms with van der Waals surface area (Å²) in [7, 11) is 1.55. The summed E-state index contributed by atoms with van der Waals surface area (Å²) in [5.74, 6) is 1.16. The Bertz CT molecular complexity index is 933. The summed E-state index contributed by atoms with van der Waals surface area (Å²) < 4.78 is 16.6. The summed E-state index contributed by atoms with van der Waals surface area (Å²) in [5.41, 5.74) is 0.119. The van der Waals surface area contributed by atoms with Crippen molar-refractivity contribution in [3.8, 4) is 5.75 Å². The molecule has 0 aromatic carbocycles. The molecule has 1 aliphatic heterocycles. The van der Waals surface area contributed by atoms with Crippen LogP contribution in [0.3, 0.4) is 0 Å². The number of H-pyrrole nitrogens is 1. The Balaban J connectivity index is 1.39. The first-order chi connectivity index (χ1) is 15.5. The highest BCUT2D eigenvalue weighted by molar-refractivity contribution is 6.29. The number of methoxy groups -OCH3 is 1. The van der Waals surface area contributed by atoms with Gasteiger partial charge < -0.3 is 24.0 Å². The summed E-state index contributed by atoms with van der Waals surface area (Å²) >= 11 is 5.78. The van der Waals surface area contributed by atoms with Gasteiger partial charge in [0.1, 0.15) is 22.8 Å². The molecular weight excluding hydrogens is 440 g/mol. The second-order valence-electron chi connectivity index (χ2n) is 7.27. The molecule has 3 rings (SSSR count). The lowest BCUT2D eigenvalue weighted by atomic mass is 10.3. The molecule has 3 heterocycles. The van der Waals surface area contributed by atoms with Gasteiger partial charge in [-0.05, 0) is 6.92 Å². The van der Waals surface area contributed by atoms with E-state index in [1.807, 2.05) is 4.90 Å². The largest absolute Gasteiger partial charge is 0.483 e. The van der Waals surface area contributed by atoms with Crippen molar-refractivity contribution in [1.29, 1.82) is 0 Å². The molecule has 0 unspecified atom stereocenters. The Kier molecular flexibility index (Phi) is 8.77. The molecule has 174 valence electrons. The number of rotatable bonds is 10. The van der Waals surface area contributed by atoms with Crippen LogP contribution in [0.4, 0.5) is 5.82 Å². The number of carbonyl (C=O) groups is 1. The van der Waals surface area contributed by atoms with Gasteiger partial charge in [-0.2, -0.15) is 5.10 Å². The minimum Gasteiger partial charge on any atom is -0.483 e. The summed E-state index contributed by atoms with van der Waals surface area (Å²) in [4.78, 5) is 36.4. The quantitative estimate of drug-likeness (QED) is 0.503. The molecule has 11 nitrogen and oxygen atoms in total. The Labute approximate surface area is 190 Å². The maximum Gasteiger partial charge on any atom is 0.270 e. The van der Waals surface area contributed by atoms with Gasteiger partial charge in [0.15, 0.2) is 0 Å². The van der Waals surface area contributed by atoms with Crippen molar-refractivity contribution in [1.82, 2.24) is 25.1 Å². The lowest BCUT2D eigenvalue weighted by Crippen LogP contribution is -2.49. The van der Waals surface area contributed by atoms with Crippen LogP contribution in [0, 0.1) is 6.92 Å². The van der Waals surface area contributed by atoms with Crippen LogP contribution in [0.25, 0.3) is 0 Å². The van der Waals surface area contributed by atoms with Gasteiger partial charge >= 0.3 is 0 Å². The lowest BCUT2D eigenvalue weighted by molar-refractivity contribution is -0.132. The number of hydrogen-bond acceptors (Lipinski definition) is 9. The number of nitrogens with zero attached hydrogens (tertiary/aromatic N) is 5. The molecule has 0 bridgehead atoms. The van der Waals surface area contributed by atoms with Gasteiger partial charge in [-0.3, -0.25) is 9.59 Å². The summed E-state index contributed by atoms with van der Waals surface area (Å²) in [6, 6.07) is 0. The molecule has 1 N–H and O–H groups in total. The average Bonchev–Trinajstić information content (AvgIpc) is 2.80. The van der Waals surface area contributed by atoms with Gasteiger partial charge in [0.25, 0.3) is 5.56 Å². The molecule has 1 aliphatic rings. The normalized spacial score (nSPS) is 15.0. The topological polar surface area (TPSA) is 123 Å². The number of anilines is 1. The van der Waals surface area contributed by atoms with Crippen molar-refractivity contribution < 1.29 is 19.0 Å². The molecular formula is C20H27ClN6O5. The maximum atomic E-state index is 12.5. The molecule has 2 aromatic rings. The van der Waals surface area contributed by atoms with E-state index in [9.17, 15) is 9.59 Å². The van der Waals surface area contributed by atoms with Gasteiger partial charge in [0.2, 0.25) is 5.91 Å². The molecule has 12 heteroatoms. The number of nitrogens with one attached hydrogen (secondary N) is 1. The Morgan fingerprint density at radius 2 is 1.97 bits per heavy atom. The van der Waals surface area contributed by atoms with Gasteiger partial charge in [-0.15, -0.1) is 0 Å². The van der Waals surface area contributed by atoms with Crippen LogP contribution >= 0.6 is 11.6 Å². The molecule has 0 saturated carbocycles. The molecule has 0 radical (unpaired) electrons. The first-order valence-corrected chi connectivity index (χ1v) is 10.6. The van der Waals surface area contributed by atoms with Crippen LogP contribution in [-0.2, 0) is 14.3 Å². The highest BCUT2D eigenvalue weighted by atomic mass is 35.5. The van der Waals surface area contributed by atoms with Crippen molar-refractivity contribution in [3.63, 3.8) is 0 Å². The van der Waals surface area contributed by atoms with Crippen LogP contribution in [-0.4, -0.2) is 90.2 Å². The number of hydrogen-bond donors (Lipinski definition) is 1. The standard InChI is InChI=1S/C20H27ClN6O5/c1-14-16(9-24-25-20(14)29)32-15(12-30-2)13-31-8-3-19(28)27-6-4-26(5-7-27)18-11-22-17(21)10-23-18/h9-11,15H,3-8,12-13H2,1-2H3,(H,25,29)/t15-/m0/s1. The summed E-state index contributed by atoms with van der Waals surface area (Å²) in [6.45, 7) is 4.97. The van der Waals surface area contributed by atoms with E-state index in [0.29, 0.717) is 42.6 Å². The van der Waals surface area contributed by atoms with Crippen LogP contribution in [0.1, 0.15) is 12.0 Å². The number of halogens is 1. The number of aromatic amines is 1. The zero-order valence-electron chi connectivity index (χ0n) is 18.1.